The maximum atomic E-state index is 11.9. The van der Waals surface area contributed by atoms with E-state index < -0.39 is 35.1 Å². The van der Waals surface area contributed by atoms with E-state index in [2.05, 4.69) is 5.32 Å². The summed E-state index contributed by atoms with van der Waals surface area (Å²) >= 11 is 1.47. The van der Waals surface area contributed by atoms with Gasteiger partial charge in [-0.15, -0.1) is 11.8 Å². The van der Waals surface area contributed by atoms with Crippen molar-refractivity contribution in [2.45, 2.75) is 37.0 Å². The van der Waals surface area contributed by atoms with Gasteiger partial charge in [-0.05, 0) is 25.5 Å². The number of thioether (sulfide) groups is 1. The van der Waals surface area contributed by atoms with Crippen LogP contribution in [0.25, 0.3) is 0 Å². The third-order valence-electron chi connectivity index (χ3n) is 2.68. The first kappa shape index (κ1) is 13.8. The molecule has 0 spiro atoms. The fourth-order valence-corrected chi connectivity index (χ4v) is 2.86. The molecular formula is C10H15NO5S. The highest BCUT2D eigenvalue weighted by Crippen LogP contribution is 2.37. The van der Waals surface area contributed by atoms with Crippen molar-refractivity contribution >= 4 is 29.6 Å². The molecule has 0 aliphatic carbocycles. The molecule has 1 fully saturated rings. The quantitative estimate of drug-likeness (QED) is 0.658. The van der Waals surface area contributed by atoms with Crippen molar-refractivity contribution in [3.63, 3.8) is 0 Å². The molecule has 17 heavy (non-hydrogen) atoms. The van der Waals surface area contributed by atoms with Gasteiger partial charge in [0.25, 0.3) is 0 Å². The molecule has 2 atom stereocenters. The summed E-state index contributed by atoms with van der Waals surface area (Å²) in [5.74, 6) is -2.11. The van der Waals surface area contributed by atoms with Gasteiger partial charge >= 0.3 is 11.9 Å². The first-order chi connectivity index (χ1) is 7.85. The minimum absolute atomic E-state index is 0.395. The van der Waals surface area contributed by atoms with Crippen LogP contribution in [-0.2, 0) is 14.4 Å². The molecule has 1 saturated heterocycles. The number of hydrogen-bond acceptors (Lipinski definition) is 4. The van der Waals surface area contributed by atoms with Crippen LogP contribution in [-0.4, -0.2) is 44.6 Å². The lowest BCUT2D eigenvalue weighted by atomic mass is 10.0. The fraction of sp³-hybridized carbons (Fsp3) is 0.700. The lowest BCUT2D eigenvalue weighted by Gasteiger charge is -2.23. The first-order valence-electron chi connectivity index (χ1n) is 5.25. The van der Waals surface area contributed by atoms with Crippen LogP contribution in [0.4, 0.5) is 0 Å². The molecule has 6 nitrogen and oxygen atoms in total. The fourth-order valence-electron chi connectivity index (χ4n) is 1.64. The Labute approximate surface area is 103 Å². The summed E-state index contributed by atoms with van der Waals surface area (Å²) in [6, 6.07) is -1.36. The third-order valence-corrected chi connectivity index (χ3v) is 4.20. The van der Waals surface area contributed by atoms with Crippen molar-refractivity contribution in [3.05, 3.63) is 0 Å². The Morgan fingerprint density at radius 1 is 1.41 bits per heavy atom. The Morgan fingerprint density at radius 2 is 2.06 bits per heavy atom. The van der Waals surface area contributed by atoms with E-state index in [1.165, 1.54) is 11.8 Å². The van der Waals surface area contributed by atoms with Crippen LogP contribution in [0.2, 0.25) is 0 Å². The van der Waals surface area contributed by atoms with Gasteiger partial charge in [0.2, 0.25) is 5.91 Å². The number of nitrogens with one attached hydrogen (secondary N) is 1. The van der Waals surface area contributed by atoms with Gasteiger partial charge in [0.15, 0.2) is 0 Å². The number of hydrogen-bond donors (Lipinski definition) is 3. The molecule has 7 heteroatoms. The van der Waals surface area contributed by atoms with Crippen molar-refractivity contribution in [2.75, 3.05) is 5.75 Å². The molecule has 96 valence electrons. The van der Waals surface area contributed by atoms with Crippen molar-refractivity contribution in [2.24, 2.45) is 0 Å². The molecule has 3 N–H and O–H groups in total. The summed E-state index contributed by atoms with van der Waals surface area (Å²) in [4.78, 5) is 33.2. The molecule has 1 aliphatic heterocycles. The third kappa shape index (κ3) is 3.62. The van der Waals surface area contributed by atoms with E-state index >= 15 is 0 Å². The van der Waals surface area contributed by atoms with E-state index in [0.717, 1.165) is 12.2 Å². The van der Waals surface area contributed by atoms with Crippen LogP contribution in [0.5, 0.6) is 0 Å². The predicted molar refractivity (Wildman–Crippen MR) is 61.9 cm³/mol. The van der Waals surface area contributed by atoms with Gasteiger partial charge in [-0.2, -0.15) is 0 Å². The maximum absolute atomic E-state index is 11.9. The molecule has 0 radical (unpaired) electrons. The zero-order chi connectivity index (χ0) is 13.1. The number of rotatable bonds is 5. The van der Waals surface area contributed by atoms with E-state index in [4.69, 9.17) is 10.2 Å². The smallest absolute Gasteiger partial charge is 0.326 e. The first-order valence-corrected chi connectivity index (χ1v) is 6.23. The number of carboxylic acids is 2. The maximum Gasteiger partial charge on any atom is 0.326 e. The second kappa shape index (κ2) is 5.39. The second-order valence-corrected chi connectivity index (χ2v) is 5.74. The Balaban J connectivity index is 2.63. The van der Waals surface area contributed by atoms with Gasteiger partial charge in [0.1, 0.15) is 6.04 Å². The summed E-state index contributed by atoms with van der Waals surface area (Å²) in [6.07, 6.45) is 0.982. The predicted octanol–water partition coefficient (Wildman–Crippen LogP) is 0.316. The average molecular weight is 261 g/mol. The SMILES string of the molecule is CC1(C(=O)NC(CC(=O)O)C(=O)O)CCCS1. The number of carbonyl (C=O) groups excluding carboxylic acids is 1. The zero-order valence-electron chi connectivity index (χ0n) is 9.43. The summed E-state index contributed by atoms with van der Waals surface area (Å²) < 4.78 is -0.633. The van der Waals surface area contributed by atoms with Gasteiger partial charge in [0, 0.05) is 0 Å². The lowest BCUT2D eigenvalue weighted by Crippen LogP contribution is -2.49. The molecule has 1 amide bonds. The molecule has 0 saturated carbocycles. The van der Waals surface area contributed by atoms with Gasteiger partial charge in [-0.1, -0.05) is 0 Å². The number of carboxylic acid groups (broad SMARTS) is 2. The largest absolute Gasteiger partial charge is 0.481 e. The van der Waals surface area contributed by atoms with Gasteiger partial charge < -0.3 is 15.5 Å². The molecule has 1 rings (SSSR count). The highest BCUT2D eigenvalue weighted by molar-refractivity contribution is 8.01. The number of aliphatic carboxylic acids is 2. The average Bonchev–Trinajstić information content (AvgIpc) is 2.64. The van der Waals surface area contributed by atoms with E-state index in [0.29, 0.717) is 6.42 Å². The minimum Gasteiger partial charge on any atom is -0.481 e. The van der Waals surface area contributed by atoms with Crippen LogP contribution in [0, 0.1) is 0 Å². The standard InChI is InChI=1S/C10H15NO5S/c1-10(3-2-4-17-10)9(16)11-6(8(14)15)5-7(12)13/h6H,2-5H2,1H3,(H,11,16)(H,12,13)(H,14,15). The molecule has 0 bridgehead atoms. The highest BCUT2D eigenvalue weighted by Gasteiger charge is 2.39. The van der Waals surface area contributed by atoms with Gasteiger partial charge in [0.05, 0.1) is 11.2 Å². The Kier molecular flexibility index (Phi) is 4.39. The lowest BCUT2D eigenvalue weighted by molar-refractivity contribution is -0.147. The van der Waals surface area contributed by atoms with Crippen molar-refractivity contribution in [3.8, 4) is 0 Å². The summed E-state index contributed by atoms with van der Waals surface area (Å²) in [5, 5.41) is 19.7. The number of carbonyl (C=O) groups is 3. The van der Waals surface area contributed by atoms with Crippen LogP contribution >= 0.6 is 11.8 Å². The van der Waals surface area contributed by atoms with Crippen molar-refractivity contribution in [1.29, 1.82) is 0 Å². The van der Waals surface area contributed by atoms with Crippen LogP contribution in [0.15, 0.2) is 0 Å². The zero-order valence-corrected chi connectivity index (χ0v) is 10.2. The van der Waals surface area contributed by atoms with Crippen LogP contribution in [0.1, 0.15) is 26.2 Å². The van der Waals surface area contributed by atoms with E-state index in [-0.39, 0.29) is 0 Å². The Hall–Kier alpha value is -1.24. The Bertz CT molecular complexity index is 338. The molecule has 0 aromatic rings. The minimum atomic E-state index is -1.36. The summed E-state index contributed by atoms with van der Waals surface area (Å²) in [5.41, 5.74) is 0. The highest BCUT2D eigenvalue weighted by atomic mass is 32.2. The molecule has 2 unspecified atom stereocenters. The number of amides is 1. The van der Waals surface area contributed by atoms with E-state index in [9.17, 15) is 14.4 Å². The normalized spacial score (nSPS) is 25.2. The van der Waals surface area contributed by atoms with E-state index in [1.54, 1.807) is 6.92 Å². The molecule has 1 aliphatic rings. The topological polar surface area (TPSA) is 104 Å². The van der Waals surface area contributed by atoms with Crippen LogP contribution < -0.4 is 5.32 Å². The molecule has 0 aromatic carbocycles. The van der Waals surface area contributed by atoms with Gasteiger partial charge in [-0.25, -0.2) is 4.79 Å². The monoisotopic (exact) mass is 261 g/mol. The Morgan fingerprint density at radius 3 is 2.47 bits per heavy atom. The molecular weight excluding hydrogens is 246 g/mol. The van der Waals surface area contributed by atoms with Crippen LogP contribution in [0.3, 0.4) is 0 Å². The summed E-state index contributed by atoms with van der Waals surface area (Å²) in [7, 11) is 0. The summed E-state index contributed by atoms with van der Waals surface area (Å²) in [6.45, 7) is 1.75. The van der Waals surface area contributed by atoms with Gasteiger partial charge in [-0.3, -0.25) is 9.59 Å². The molecule has 0 aromatic heterocycles. The van der Waals surface area contributed by atoms with E-state index in [1.807, 2.05) is 0 Å². The van der Waals surface area contributed by atoms with Crippen molar-refractivity contribution in [1.82, 2.24) is 5.32 Å². The van der Waals surface area contributed by atoms with Crippen molar-refractivity contribution < 1.29 is 24.6 Å². The second-order valence-electron chi connectivity index (χ2n) is 4.15. The molecule has 1 heterocycles.